The minimum Gasteiger partial charge on any atom is -0.491 e. The Bertz CT molecular complexity index is 481. The van der Waals surface area contributed by atoms with Crippen molar-refractivity contribution < 1.29 is 18.7 Å². The predicted molar refractivity (Wildman–Crippen MR) is 73.4 cm³/mol. The van der Waals surface area contributed by atoms with E-state index in [2.05, 4.69) is 10.6 Å². The van der Waals surface area contributed by atoms with E-state index >= 15 is 0 Å². The van der Waals surface area contributed by atoms with Crippen LogP contribution in [0.25, 0.3) is 0 Å². The van der Waals surface area contributed by atoms with Crippen LogP contribution < -0.4 is 15.4 Å². The lowest BCUT2D eigenvalue weighted by Crippen LogP contribution is -2.39. The number of carbonyl (C=O) groups is 1. The van der Waals surface area contributed by atoms with Gasteiger partial charge in [0.2, 0.25) is 5.91 Å². The number of likely N-dealkylation sites (N-methyl/N-ethyl adjacent to an activating group) is 1. The third kappa shape index (κ3) is 3.26. The molecule has 1 aromatic rings. The summed E-state index contributed by atoms with van der Waals surface area (Å²) in [6, 6.07) is 4.38. The van der Waals surface area contributed by atoms with Crippen molar-refractivity contribution in [1.29, 1.82) is 0 Å². The van der Waals surface area contributed by atoms with Gasteiger partial charge in [-0.05, 0) is 26.1 Å². The van der Waals surface area contributed by atoms with Crippen molar-refractivity contribution >= 4 is 11.6 Å². The summed E-state index contributed by atoms with van der Waals surface area (Å²) in [6.07, 6.45) is 0. The normalized spacial score (nSPS) is 21.8. The average molecular weight is 282 g/mol. The molecule has 0 saturated carbocycles. The van der Waals surface area contributed by atoms with Gasteiger partial charge in [0, 0.05) is 17.8 Å². The zero-order valence-electron chi connectivity index (χ0n) is 11.6. The van der Waals surface area contributed by atoms with E-state index in [4.69, 9.17) is 9.47 Å². The maximum atomic E-state index is 13.7. The van der Waals surface area contributed by atoms with Gasteiger partial charge in [-0.2, -0.15) is 0 Å². The van der Waals surface area contributed by atoms with E-state index < -0.39 is 5.82 Å². The number of hydrogen-bond acceptors (Lipinski definition) is 4. The molecule has 20 heavy (non-hydrogen) atoms. The first-order valence-electron chi connectivity index (χ1n) is 6.64. The van der Waals surface area contributed by atoms with Crippen LogP contribution in [-0.4, -0.2) is 38.8 Å². The molecule has 2 atom stereocenters. The summed E-state index contributed by atoms with van der Waals surface area (Å²) in [4.78, 5) is 12.1. The summed E-state index contributed by atoms with van der Waals surface area (Å²) < 4.78 is 24.1. The second-order valence-electron chi connectivity index (χ2n) is 4.61. The molecule has 1 heterocycles. The van der Waals surface area contributed by atoms with Crippen LogP contribution in [0.5, 0.6) is 5.75 Å². The van der Waals surface area contributed by atoms with Gasteiger partial charge in [0.05, 0.1) is 25.7 Å². The molecular formula is C14H19FN2O3. The maximum absolute atomic E-state index is 13.7. The molecule has 1 amide bonds. The minimum atomic E-state index is -0.488. The van der Waals surface area contributed by atoms with E-state index in [1.807, 2.05) is 0 Å². The molecule has 0 spiro atoms. The standard InChI is InChI=1S/C14H19FN2O3/c1-3-20-13-5-4-9(6-11(13)15)17-14(18)10-7-19-8-12(10)16-2/h4-6,10,12,16H,3,7-8H2,1-2H3,(H,17,18). The lowest BCUT2D eigenvalue weighted by Gasteiger charge is -2.16. The molecule has 2 N–H and O–H groups in total. The Kier molecular flexibility index (Phi) is 4.92. The first-order valence-corrected chi connectivity index (χ1v) is 6.64. The molecule has 0 bridgehead atoms. The second-order valence-corrected chi connectivity index (χ2v) is 4.61. The van der Waals surface area contributed by atoms with Gasteiger partial charge in [0.25, 0.3) is 0 Å². The molecule has 2 rings (SSSR count). The highest BCUT2D eigenvalue weighted by molar-refractivity contribution is 5.93. The van der Waals surface area contributed by atoms with Crippen molar-refractivity contribution in [3.05, 3.63) is 24.0 Å². The van der Waals surface area contributed by atoms with Gasteiger partial charge in [0.15, 0.2) is 11.6 Å². The van der Waals surface area contributed by atoms with E-state index in [0.717, 1.165) is 0 Å². The van der Waals surface area contributed by atoms with E-state index in [9.17, 15) is 9.18 Å². The Morgan fingerprint density at radius 1 is 1.50 bits per heavy atom. The predicted octanol–water partition coefficient (Wildman–Crippen LogP) is 1.40. The highest BCUT2D eigenvalue weighted by Crippen LogP contribution is 2.22. The quantitative estimate of drug-likeness (QED) is 0.857. The number of nitrogens with one attached hydrogen (secondary N) is 2. The first kappa shape index (κ1) is 14.7. The van der Waals surface area contributed by atoms with Gasteiger partial charge < -0.3 is 20.1 Å². The van der Waals surface area contributed by atoms with Crippen molar-refractivity contribution in [3.8, 4) is 5.75 Å². The van der Waals surface area contributed by atoms with Crippen LogP contribution in [0, 0.1) is 11.7 Å². The molecule has 2 unspecified atom stereocenters. The van der Waals surface area contributed by atoms with E-state index in [1.165, 1.54) is 12.1 Å². The first-order chi connectivity index (χ1) is 9.65. The highest BCUT2D eigenvalue weighted by atomic mass is 19.1. The van der Waals surface area contributed by atoms with E-state index in [0.29, 0.717) is 25.5 Å². The fourth-order valence-corrected chi connectivity index (χ4v) is 2.18. The van der Waals surface area contributed by atoms with Crippen LogP contribution in [0.4, 0.5) is 10.1 Å². The molecule has 0 radical (unpaired) electrons. The Morgan fingerprint density at radius 3 is 2.95 bits per heavy atom. The summed E-state index contributed by atoms with van der Waals surface area (Å²) in [5.41, 5.74) is 0.415. The largest absolute Gasteiger partial charge is 0.491 e. The molecule has 6 heteroatoms. The third-order valence-electron chi connectivity index (χ3n) is 3.29. The van der Waals surface area contributed by atoms with Gasteiger partial charge in [-0.1, -0.05) is 0 Å². The van der Waals surface area contributed by atoms with Crippen LogP contribution in [-0.2, 0) is 9.53 Å². The number of amides is 1. The summed E-state index contributed by atoms with van der Waals surface area (Å²) in [5, 5.41) is 5.74. The maximum Gasteiger partial charge on any atom is 0.231 e. The van der Waals surface area contributed by atoms with Crippen molar-refractivity contribution in [2.45, 2.75) is 13.0 Å². The SMILES string of the molecule is CCOc1ccc(NC(=O)C2COCC2NC)cc1F. The lowest BCUT2D eigenvalue weighted by atomic mass is 10.0. The smallest absolute Gasteiger partial charge is 0.231 e. The molecule has 1 saturated heterocycles. The minimum absolute atomic E-state index is 0.0115. The topological polar surface area (TPSA) is 59.6 Å². The van der Waals surface area contributed by atoms with Crippen LogP contribution >= 0.6 is 0 Å². The van der Waals surface area contributed by atoms with Gasteiger partial charge >= 0.3 is 0 Å². The number of anilines is 1. The number of halogens is 1. The third-order valence-corrected chi connectivity index (χ3v) is 3.29. The van der Waals surface area contributed by atoms with Gasteiger partial charge in [-0.25, -0.2) is 4.39 Å². The number of rotatable bonds is 5. The molecular weight excluding hydrogens is 263 g/mol. The van der Waals surface area contributed by atoms with Gasteiger partial charge in [-0.3, -0.25) is 4.79 Å². The number of hydrogen-bond donors (Lipinski definition) is 2. The van der Waals surface area contributed by atoms with Gasteiger partial charge in [0.1, 0.15) is 0 Å². The molecule has 1 aliphatic heterocycles. The molecule has 1 fully saturated rings. The lowest BCUT2D eigenvalue weighted by molar-refractivity contribution is -0.120. The Balaban J connectivity index is 2.02. The van der Waals surface area contributed by atoms with E-state index in [1.54, 1.807) is 20.0 Å². The van der Waals surface area contributed by atoms with Crippen molar-refractivity contribution in [2.75, 3.05) is 32.2 Å². The van der Waals surface area contributed by atoms with Gasteiger partial charge in [-0.15, -0.1) is 0 Å². The summed E-state index contributed by atoms with van der Waals surface area (Å²) >= 11 is 0. The molecule has 0 aromatic heterocycles. The van der Waals surface area contributed by atoms with E-state index in [-0.39, 0.29) is 23.6 Å². The summed E-state index contributed by atoms with van der Waals surface area (Å²) in [5.74, 6) is -0.750. The zero-order valence-corrected chi connectivity index (χ0v) is 11.6. The summed E-state index contributed by atoms with van der Waals surface area (Å²) in [6.45, 7) is 3.06. The zero-order chi connectivity index (χ0) is 14.5. The monoisotopic (exact) mass is 282 g/mol. The summed E-state index contributed by atoms with van der Waals surface area (Å²) in [7, 11) is 1.79. The fourth-order valence-electron chi connectivity index (χ4n) is 2.18. The molecule has 5 nitrogen and oxygen atoms in total. The average Bonchev–Trinajstić information content (AvgIpc) is 2.90. The number of carbonyl (C=O) groups excluding carboxylic acids is 1. The molecule has 0 aliphatic carbocycles. The second kappa shape index (κ2) is 6.67. The highest BCUT2D eigenvalue weighted by Gasteiger charge is 2.33. The van der Waals surface area contributed by atoms with Crippen molar-refractivity contribution in [2.24, 2.45) is 5.92 Å². The Labute approximate surface area is 117 Å². The number of benzene rings is 1. The van der Waals surface area contributed by atoms with Crippen LogP contribution in [0.3, 0.4) is 0 Å². The fraction of sp³-hybridized carbons (Fsp3) is 0.500. The van der Waals surface area contributed by atoms with Crippen molar-refractivity contribution in [1.82, 2.24) is 5.32 Å². The van der Waals surface area contributed by atoms with Crippen LogP contribution in [0.1, 0.15) is 6.92 Å². The molecule has 1 aliphatic rings. The Hall–Kier alpha value is -1.66. The van der Waals surface area contributed by atoms with Crippen LogP contribution in [0.15, 0.2) is 18.2 Å². The number of ether oxygens (including phenoxy) is 2. The Morgan fingerprint density at radius 2 is 2.30 bits per heavy atom. The molecule has 110 valence electrons. The van der Waals surface area contributed by atoms with Crippen molar-refractivity contribution in [3.63, 3.8) is 0 Å². The molecule has 1 aromatic carbocycles. The van der Waals surface area contributed by atoms with Crippen LogP contribution in [0.2, 0.25) is 0 Å².